The Balaban J connectivity index is 2.04. The van der Waals surface area contributed by atoms with E-state index in [1.54, 1.807) is 4.28 Å². The van der Waals surface area contributed by atoms with Crippen molar-refractivity contribution in [3.63, 3.8) is 0 Å². The van der Waals surface area contributed by atoms with Crippen molar-refractivity contribution in [3.05, 3.63) is 22.5 Å². The number of allylic oxidation sites excluding steroid dienone is 4. The minimum absolute atomic E-state index is 0.547. The molecule has 0 unspecified atom stereocenters. The van der Waals surface area contributed by atoms with Crippen molar-refractivity contribution in [1.82, 2.24) is 0 Å². The van der Waals surface area contributed by atoms with Crippen molar-refractivity contribution in [3.8, 4) is 0 Å². The minimum atomic E-state index is 0.547. The van der Waals surface area contributed by atoms with Crippen molar-refractivity contribution in [2.24, 2.45) is 0 Å². The number of hydrogen-bond acceptors (Lipinski definition) is 0. The van der Waals surface area contributed by atoms with Crippen molar-refractivity contribution in [1.29, 1.82) is 0 Å². The summed E-state index contributed by atoms with van der Waals surface area (Å²) in [6.07, 6.45) is 10.8. The van der Waals surface area contributed by atoms with E-state index < -0.39 is 0 Å². The molecule has 0 aromatic heterocycles. The van der Waals surface area contributed by atoms with Crippen LogP contribution < -0.4 is 0 Å². The van der Waals surface area contributed by atoms with E-state index in [4.69, 9.17) is 0 Å². The molecule has 0 aromatic rings. The van der Waals surface area contributed by atoms with E-state index in [0.29, 0.717) is 16.3 Å². The van der Waals surface area contributed by atoms with Crippen LogP contribution in [0.2, 0.25) is 5.13 Å². The number of hydrogen-bond donors (Lipinski definition) is 0. The van der Waals surface area contributed by atoms with Crippen LogP contribution in [-0.2, 0) is 16.3 Å². The Morgan fingerprint density at radius 3 is 3.10 bits per heavy atom. The third kappa shape index (κ3) is 2.77. The fraction of sp³-hybridized carbons (Fsp3) is 0.556. The van der Waals surface area contributed by atoms with Gasteiger partial charge in [0.05, 0.1) is 0 Å². The van der Waals surface area contributed by atoms with E-state index in [1.165, 1.54) is 24.4 Å². The Hall–Kier alpha value is 0.0644. The predicted octanol–water partition coefficient (Wildman–Crippen LogP) is 3.13. The quantitative estimate of drug-likeness (QED) is 0.573. The molecule has 0 amide bonds. The molecule has 55 valence electrons. The average molecular weight is 173 g/mol. The van der Waals surface area contributed by atoms with Gasteiger partial charge in [0.25, 0.3) is 0 Å². The van der Waals surface area contributed by atoms with Gasteiger partial charge in [-0.1, -0.05) is 0 Å². The van der Waals surface area contributed by atoms with E-state index in [2.05, 4.69) is 25.2 Å². The molecular formula is C9H14V. The summed E-state index contributed by atoms with van der Waals surface area (Å²) in [4.78, 5) is 0. The zero-order valence-corrected chi connectivity index (χ0v) is 7.90. The summed E-state index contributed by atoms with van der Waals surface area (Å²) >= 11 is 0.547. The molecule has 1 heteroatoms. The Labute approximate surface area is 70.4 Å². The van der Waals surface area contributed by atoms with Gasteiger partial charge in [0, 0.05) is 0 Å². The topological polar surface area (TPSA) is 0 Å². The van der Waals surface area contributed by atoms with Gasteiger partial charge in [-0.15, -0.1) is 0 Å². The van der Waals surface area contributed by atoms with Gasteiger partial charge in [0.1, 0.15) is 0 Å². The average Bonchev–Trinajstić information content (AvgIpc) is 2.41. The fourth-order valence-electron chi connectivity index (χ4n) is 0.934. The van der Waals surface area contributed by atoms with Gasteiger partial charge < -0.3 is 0 Å². The van der Waals surface area contributed by atoms with Crippen LogP contribution in [0.15, 0.2) is 22.5 Å². The third-order valence-electron chi connectivity index (χ3n) is 1.58. The molecule has 1 aliphatic carbocycles. The van der Waals surface area contributed by atoms with E-state index in [0.717, 1.165) is 0 Å². The normalized spacial score (nSPS) is 15.5. The number of rotatable bonds is 4. The first kappa shape index (κ1) is 8.16. The van der Waals surface area contributed by atoms with E-state index in [-0.39, 0.29) is 0 Å². The van der Waals surface area contributed by atoms with Gasteiger partial charge >= 0.3 is 70.1 Å². The number of unbranched alkanes of at least 4 members (excludes halogenated alkanes) is 1. The molecule has 0 nitrogen and oxygen atoms in total. The van der Waals surface area contributed by atoms with Gasteiger partial charge in [-0.05, 0) is 0 Å². The molecule has 0 aromatic carbocycles. The molecule has 0 radical (unpaired) electrons. The van der Waals surface area contributed by atoms with Crippen LogP contribution in [0, 0.1) is 0 Å². The van der Waals surface area contributed by atoms with Crippen LogP contribution >= 0.6 is 0 Å². The summed E-state index contributed by atoms with van der Waals surface area (Å²) in [6, 6.07) is 0. The summed E-state index contributed by atoms with van der Waals surface area (Å²) in [5, 5.41) is 1.47. The van der Waals surface area contributed by atoms with Crippen molar-refractivity contribution < 1.29 is 16.3 Å². The second-order valence-corrected chi connectivity index (χ2v) is 4.61. The van der Waals surface area contributed by atoms with Crippen LogP contribution in [0.5, 0.6) is 0 Å². The zero-order valence-electron chi connectivity index (χ0n) is 6.51. The van der Waals surface area contributed by atoms with Crippen LogP contribution in [0.4, 0.5) is 0 Å². The first-order valence-corrected chi connectivity index (χ1v) is 5.65. The van der Waals surface area contributed by atoms with Crippen molar-refractivity contribution in [2.75, 3.05) is 0 Å². The van der Waals surface area contributed by atoms with Gasteiger partial charge in [-0.25, -0.2) is 0 Å². The third-order valence-corrected chi connectivity index (χ3v) is 3.57. The van der Waals surface area contributed by atoms with Crippen LogP contribution in [0.1, 0.15) is 26.2 Å². The molecular weight excluding hydrogens is 159 g/mol. The molecule has 0 aliphatic heterocycles. The van der Waals surface area contributed by atoms with Crippen molar-refractivity contribution in [2.45, 2.75) is 31.3 Å². The Bertz CT molecular complexity index is 145. The maximum atomic E-state index is 2.30. The first-order chi connectivity index (χ1) is 4.93. The summed E-state index contributed by atoms with van der Waals surface area (Å²) in [5.74, 6) is 0. The van der Waals surface area contributed by atoms with E-state index >= 15 is 0 Å². The molecule has 1 aliphatic rings. The second-order valence-electron chi connectivity index (χ2n) is 2.53. The predicted molar refractivity (Wildman–Crippen MR) is 41.6 cm³/mol. The molecule has 0 bridgehead atoms. The van der Waals surface area contributed by atoms with Gasteiger partial charge in [0.2, 0.25) is 0 Å². The summed E-state index contributed by atoms with van der Waals surface area (Å²) in [5.41, 5.74) is 0. The molecule has 0 heterocycles. The van der Waals surface area contributed by atoms with Gasteiger partial charge in [-0.2, -0.15) is 0 Å². The standard InChI is InChI=1S/C5H5.C4H9.V/c1-2-4-5-3-1;1-3-4-2;/h1-3H,4H2;1,3-4H2,2H3;. The second kappa shape index (κ2) is 4.82. The van der Waals surface area contributed by atoms with E-state index in [1.807, 2.05) is 0 Å². The Morgan fingerprint density at radius 1 is 1.60 bits per heavy atom. The van der Waals surface area contributed by atoms with Crippen molar-refractivity contribution >= 4 is 0 Å². The molecule has 10 heavy (non-hydrogen) atoms. The zero-order chi connectivity index (χ0) is 7.23. The van der Waals surface area contributed by atoms with Crippen LogP contribution in [0.25, 0.3) is 0 Å². The summed E-state index contributed by atoms with van der Waals surface area (Å²) in [7, 11) is 0. The van der Waals surface area contributed by atoms with Gasteiger partial charge in [0.15, 0.2) is 0 Å². The molecule has 0 atom stereocenters. The molecule has 0 fully saturated rings. The van der Waals surface area contributed by atoms with E-state index in [9.17, 15) is 0 Å². The SMILES string of the molecule is CCC[CH2][V][C]1=CC=CC1. The molecule has 0 saturated heterocycles. The van der Waals surface area contributed by atoms with Gasteiger partial charge in [-0.3, -0.25) is 0 Å². The van der Waals surface area contributed by atoms with Crippen LogP contribution in [-0.4, -0.2) is 0 Å². The molecule has 0 saturated carbocycles. The molecule has 1 rings (SSSR count). The van der Waals surface area contributed by atoms with Crippen LogP contribution in [0.3, 0.4) is 0 Å². The maximum absolute atomic E-state index is 2.30. The molecule has 0 spiro atoms. The first-order valence-electron chi connectivity index (χ1n) is 3.96. The fourth-order valence-corrected chi connectivity index (χ4v) is 2.79. The molecule has 0 N–H and O–H groups in total. The monoisotopic (exact) mass is 173 g/mol. The Kier molecular flexibility index (Phi) is 3.93. The summed E-state index contributed by atoms with van der Waals surface area (Å²) in [6.45, 7) is 2.27. The Morgan fingerprint density at radius 2 is 2.50 bits per heavy atom. The summed E-state index contributed by atoms with van der Waals surface area (Å²) < 4.78 is 1.71.